The van der Waals surface area contributed by atoms with Crippen molar-refractivity contribution in [3.63, 3.8) is 0 Å². The van der Waals surface area contributed by atoms with E-state index >= 15 is 0 Å². The molecule has 13 heteroatoms. The summed E-state index contributed by atoms with van der Waals surface area (Å²) in [6.45, 7) is 8.43. The molecule has 0 spiro atoms. The van der Waals surface area contributed by atoms with Gasteiger partial charge in [0.15, 0.2) is 9.84 Å². The molecule has 0 aliphatic carbocycles. The first-order valence-corrected chi connectivity index (χ1v) is 13.2. The zero-order valence-electron chi connectivity index (χ0n) is 20.6. The number of hydrogen-bond acceptors (Lipinski definition) is 10. The highest BCUT2D eigenvalue weighted by molar-refractivity contribution is 7.92. The van der Waals surface area contributed by atoms with Crippen molar-refractivity contribution in [1.29, 1.82) is 5.41 Å². The second-order valence-corrected chi connectivity index (χ2v) is 11.7. The number of hydrogen-bond donors (Lipinski definition) is 5. The van der Waals surface area contributed by atoms with Gasteiger partial charge in [-0.15, -0.1) is 0 Å². The quantitative estimate of drug-likeness (QED) is 0.242. The van der Waals surface area contributed by atoms with Crippen LogP contribution >= 0.6 is 0 Å². The van der Waals surface area contributed by atoms with Crippen LogP contribution in [0.3, 0.4) is 0 Å². The smallest absolute Gasteiger partial charge is 0.323 e. The molecule has 1 saturated heterocycles. The highest BCUT2D eigenvalue weighted by Gasteiger charge is 2.30. The number of amidine groups is 1. The van der Waals surface area contributed by atoms with Crippen LogP contribution in [0.1, 0.15) is 39.7 Å². The van der Waals surface area contributed by atoms with Crippen LogP contribution in [-0.4, -0.2) is 76.8 Å². The predicted octanol–water partition coefficient (Wildman–Crippen LogP) is 2.41. The van der Waals surface area contributed by atoms with Gasteiger partial charge in [0.25, 0.3) is 0 Å². The van der Waals surface area contributed by atoms with Crippen LogP contribution in [0.15, 0.2) is 24.5 Å². The van der Waals surface area contributed by atoms with Crippen molar-refractivity contribution in [2.45, 2.75) is 44.9 Å². The van der Waals surface area contributed by atoms with Gasteiger partial charge in [-0.2, -0.15) is 4.98 Å². The summed E-state index contributed by atoms with van der Waals surface area (Å²) in [5.74, 6) is 1.30. The maximum Gasteiger partial charge on any atom is 0.323 e. The lowest BCUT2D eigenvalue weighted by atomic mass is 10.1. The predicted molar refractivity (Wildman–Crippen MR) is 137 cm³/mol. The van der Waals surface area contributed by atoms with Crippen molar-refractivity contribution in [2.24, 2.45) is 0 Å². The third-order valence-electron chi connectivity index (χ3n) is 5.89. The Morgan fingerprint density at radius 1 is 1.31 bits per heavy atom. The molecule has 0 saturated carbocycles. The summed E-state index contributed by atoms with van der Waals surface area (Å²) in [6.07, 6.45) is 5.17. The second-order valence-electron chi connectivity index (χ2n) is 9.08. The number of anilines is 4. The topological polar surface area (TPSA) is 165 Å². The van der Waals surface area contributed by atoms with Crippen molar-refractivity contribution in [2.75, 3.05) is 41.8 Å². The highest BCUT2D eigenvalue weighted by atomic mass is 32.2. The van der Waals surface area contributed by atoms with Crippen molar-refractivity contribution in [1.82, 2.24) is 25.2 Å². The number of aromatic nitrogens is 3. The molecule has 2 aromatic heterocycles. The summed E-state index contributed by atoms with van der Waals surface area (Å²) in [5.41, 5.74) is 1.19. The Hall–Kier alpha value is -3.48. The number of carbonyl (C=O) groups excluding carboxylic acids is 1. The minimum atomic E-state index is -3.27. The van der Waals surface area contributed by atoms with Crippen LogP contribution in [0.5, 0.6) is 0 Å². The van der Waals surface area contributed by atoms with Crippen LogP contribution in [0, 0.1) is 5.41 Å². The molecule has 2 amide bonds. The number of carbonyl (C=O) groups is 1. The van der Waals surface area contributed by atoms with Gasteiger partial charge in [0.1, 0.15) is 17.5 Å². The summed E-state index contributed by atoms with van der Waals surface area (Å²) in [4.78, 5) is 26.4. The number of pyridine rings is 1. The minimum absolute atomic E-state index is 0.0758. The zero-order chi connectivity index (χ0) is 25.8. The van der Waals surface area contributed by atoms with Gasteiger partial charge in [-0.3, -0.25) is 10.3 Å². The van der Waals surface area contributed by atoms with Crippen LogP contribution < -0.4 is 21.3 Å². The summed E-state index contributed by atoms with van der Waals surface area (Å²) in [5, 5.41) is 20.7. The number of rotatable bonds is 10. The lowest BCUT2D eigenvalue weighted by Gasteiger charge is -2.23. The summed E-state index contributed by atoms with van der Waals surface area (Å²) >= 11 is 0. The molecule has 5 N–H and O–H groups in total. The van der Waals surface area contributed by atoms with Gasteiger partial charge in [-0.1, -0.05) is 6.92 Å². The highest BCUT2D eigenvalue weighted by Crippen LogP contribution is 2.24. The molecule has 12 nitrogen and oxygen atoms in total. The maximum absolute atomic E-state index is 12.1. The molecule has 1 fully saturated rings. The molecule has 1 aliphatic heterocycles. The Kier molecular flexibility index (Phi) is 7.78. The van der Waals surface area contributed by atoms with Gasteiger partial charge in [0, 0.05) is 50.4 Å². The Balaban J connectivity index is 1.81. The van der Waals surface area contributed by atoms with E-state index < -0.39 is 14.6 Å². The molecule has 0 aromatic carbocycles. The van der Waals surface area contributed by atoms with E-state index in [2.05, 4.69) is 43.1 Å². The van der Waals surface area contributed by atoms with Gasteiger partial charge >= 0.3 is 6.03 Å². The molecule has 2 aromatic rings. The van der Waals surface area contributed by atoms with Crippen LogP contribution in [0.2, 0.25) is 0 Å². The SMILES string of the molecule is CCC(C)Nc1cc(Nc2ccnc(NCC(C)(C)S(C)(=O)=O)n2)ncc1C(=N)N1CCNC1=O. The van der Waals surface area contributed by atoms with Crippen molar-refractivity contribution in [3.8, 4) is 0 Å². The molecule has 1 unspecified atom stereocenters. The maximum atomic E-state index is 12.1. The van der Waals surface area contributed by atoms with Crippen LogP contribution in [0.25, 0.3) is 0 Å². The van der Waals surface area contributed by atoms with Crippen molar-refractivity contribution < 1.29 is 13.2 Å². The van der Waals surface area contributed by atoms with E-state index in [1.54, 1.807) is 38.4 Å². The van der Waals surface area contributed by atoms with Gasteiger partial charge in [0.05, 0.1) is 16.0 Å². The number of nitrogens with one attached hydrogen (secondary N) is 5. The van der Waals surface area contributed by atoms with Gasteiger partial charge < -0.3 is 21.3 Å². The second kappa shape index (κ2) is 10.4. The summed E-state index contributed by atoms with van der Waals surface area (Å²) < 4.78 is 22.9. The molecule has 0 radical (unpaired) electrons. The van der Waals surface area contributed by atoms with Gasteiger partial charge in [-0.25, -0.2) is 23.2 Å². The molecule has 35 heavy (non-hydrogen) atoms. The summed E-state index contributed by atoms with van der Waals surface area (Å²) in [7, 11) is -3.27. The van der Waals surface area contributed by atoms with E-state index in [0.717, 1.165) is 6.42 Å². The van der Waals surface area contributed by atoms with Crippen molar-refractivity contribution in [3.05, 3.63) is 30.1 Å². The lowest BCUT2D eigenvalue weighted by Crippen LogP contribution is -2.38. The monoisotopic (exact) mass is 503 g/mol. The van der Waals surface area contributed by atoms with Crippen molar-refractivity contribution >= 4 is 45.0 Å². The molecule has 3 rings (SSSR count). The Labute approximate surface area is 205 Å². The van der Waals surface area contributed by atoms with Gasteiger partial charge in [-0.05, 0) is 33.3 Å². The largest absolute Gasteiger partial charge is 0.382 e. The van der Waals surface area contributed by atoms with Gasteiger partial charge in [0.2, 0.25) is 5.95 Å². The molecular formula is C22H33N9O3S. The molecule has 3 heterocycles. The Morgan fingerprint density at radius 3 is 2.69 bits per heavy atom. The first kappa shape index (κ1) is 26.1. The fraction of sp³-hybridized carbons (Fsp3) is 0.500. The fourth-order valence-electron chi connectivity index (χ4n) is 3.10. The van der Waals surface area contributed by atoms with E-state index in [1.165, 1.54) is 11.2 Å². The van der Waals surface area contributed by atoms with E-state index in [4.69, 9.17) is 5.41 Å². The number of amides is 2. The van der Waals surface area contributed by atoms with E-state index in [-0.39, 0.29) is 30.4 Å². The Morgan fingerprint density at radius 2 is 2.06 bits per heavy atom. The average Bonchev–Trinajstić information content (AvgIpc) is 3.23. The Bertz CT molecular complexity index is 1200. The van der Waals surface area contributed by atoms with Crippen LogP contribution in [0.4, 0.5) is 28.1 Å². The third kappa shape index (κ3) is 6.35. The molecule has 1 aliphatic rings. The third-order valence-corrected chi connectivity index (χ3v) is 8.04. The molecule has 0 bridgehead atoms. The first-order valence-electron chi connectivity index (χ1n) is 11.4. The standard InChI is InChI=1S/C22H33N9O3S/c1-6-14(2)28-16-11-18(26-12-15(16)19(23)31-10-9-25-21(31)32)29-17-7-8-24-20(30-17)27-13-22(3,4)35(5,33)34/h7-8,11-12,14,23H,6,9-10,13H2,1-5H3,(H,25,32)(H3,24,26,27,28,29,30). The molecule has 190 valence electrons. The van der Waals surface area contributed by atoms with Crippen LogP contribution in [-0.2, 0) is 9.84 Å². The average molecular weight is 504 g/mol. The van der Waals surface area contributed by atoms with E-state index in [0.29, 0.717) is 36.0 Å². The number of sulfone groups is 1. The molecule has 1 atom stereocenters. The lowest BCUT2D eigenvalue weighted by molar-refractivity contribution is 0.234. The number of nitrogens with zero attached hydrogens (tertiary/aromatic N) is 4. The van der Waals surface area contributed by atoms with E-state index in [1.807, 2.05) is 6.92 Å². The fourth-order valence-corrected chi connectivity index (χ4v) is 3.43. The molecular weight excluding hydrogens is 470 g/mol. The van der Waals surface area contributed by atoms with E-state index in [9.17, 15) is 13.2 Å². The minimum Gasteiger partial charge on any atom is -0.382 e. The zero-order valence-corrected chi connectivity index (χ0v) is 21.5. The normalized spacial score (nSPS) is 14.9. The summed E-state index contributed by atoms with van der Waals surface area (Å²) in [6, 6.07) is 3.27. The first-order chi connectivity index (χ1) is 16.4. The number of urea groups is 1.